The molecule has 1 saturated heterocycles. The smallest absolute Gasteiger partial charge is 0.0920 e. The molecule has 3 rings (SSSR count). The zero-order valence-electron chi connectivity index (χ0n) is 15.3. The first-order valence-electron chi connectivity index (χ1n) is 9.38. The lowest BCUT2D eigenvalue weighted by Gasteiger charge is -2.53. The molecule has 3 heteroatoms. The van der Waals surface area contributed by atoms with Crippen LogP contribution in [0.4, 0.5) is 0 Å². The van der Waals surface area contributed by atoms with Gasteiger partial charge in [-0.15, -0.1) is 0 Å². The third-order valence-electron chi connectivity index (χ3n) is 7.29. The fourth-order valence-corrected chi connectivity index (χ4v) is 5.38. The van der Waals surface area contributed by atoms with Gasteiger partial charge in [0.05, 0.1) is 23.9 Å². The van der Waals surface area contributed by atoms with Gasteiger partial charge in [-0.25, -0.2) is 0 Å². The molecule has 23 heavy (non-hydrogen) atoms. The Kier molecular flexibility index (Phi) is 4.44. The van der Waals surface area contributed by atoms with Crippen molar-refractivity contribution in [3.8, 4) is 0 Å². The second-order valence-electron chi connectivity index (χ2n) is 9.22. The van der Waals surface area contributed by atoms with Crippen LogP contribution in [-0.4, -0.2) is 34.1 Å². The van der Waals surface area contributed by atoms with Crippen molar-refractivity contribution >= 4 is 0 Å². The number of hydrogen-bond acceptors (Lipinski definition) is 3. The van der Waals surface area contributed by atoms with Crippen molar-refractivity contribution in [1.29, 1.82) is 0 Å². The molecule has 5 atom stereocenters. The molecule has 0 unspecified atom stereocenters. The Bertz CT molecular complexity index is 479. The molecular formula is C20H34O3. The SMILES string of the molecule is CC1(C)[C@@H]2C/C=C(\CO)CC[C@@H]3O[C@@]3(C)CC[C@@H]1[C@@](C)(O)CC2. The Labute approximate surface area is 141 Å². The van der Waals surface area contributed by atoms with E-state index in [4.69, 9.17) is 4.74 Å². The van der Waals surface area contributed by atoms with Crippen molar-refractivity contribution in [2.24, 2.45) is 17.3 Å². The Morgan fingerprint density at radius 2 is 1.87 bits per heavy atom. The minimum atomic E-state index is -0.575. The number of ether oxygens (including phenoxy) is 1. The fraction of sp³-hybridized carbons (Fsp3) is 0.900. The Hall–Kier alpha value is -0.380. The minimum absolute atomic E-state index is 0.0150. The zero-order valence-corrected chi connectivity index (χ0v) is 15.3. The lowest BCUT2D eigenvalue weighted by atomic mass is 9.54. The number of epoxide rings is 1. The fourth-order valence-electron chi connectivity index (χ4n) is 5.38. The van der Waals surface area contributed by atoms with Gasteiger partial charge in [-0.1, -0.05) is 19.9 Å². The van der Waals surface area contributed by atoms with Crippen LogP contribution in [0.15, 0.2) is 11.6 Å². The van der Waals surface area contributed by atoms with Crippen LogP contribution in [0.25, 0.3) is 0 Å². The summed E-state index contributed by atoms with van der Waals surface area (Å²) in [5, 5.41) is 20.7. The molecule has 0 amide bonds. The Morgan fingerprint density at radius 3 is 2.57 bits per heavy atom. The number of aliphatic hydroxyl groups is 2. The van der Waals surface area contributed by atoms with E-state index in [1.165, 1.54) is 0 Å². The third-order valence-corrected chi connectivity index (χ3v) is 7.29. The van der Waals surface area contributed by atoms with Crippen LogP contribution in [0, 0.1) is 17.3 Å². The monoisotopic (exact) mass is 322 g/mol. The van der Waals surface area contributed by atoms with Crippen molar-refractivity contribution in [2.75, 3.05) is 6.61 Å². The summed E-state index contributed by atoms with van der Waals surface area (Å²) >= 11 is 0. The highest BCUT2D eigenvalue weighted by atomic mass is 16.6. The van der Waals surface area contributed by atoms with E-state index in [1.807, 2.05) is 6.92 Å². The highest BCUT2D eigenvalue weighted by molar-refractivity contribution is 5.10. The molecule has 2 N–H and O–H groups in total. The molecule has 1 saturated carbocycles. The summed E-state index contributed by atoms with van der Waals surface area (Å²) in [5.74, 6) is 0.887. The van der Waals surface area contributed by atoms with Crippen LogP contribution in [0.5, 0.6) is 0 Å². The maximum atomic E-state index is 11.0. The van der Waals surface area contributed by atoms with Gasteiger partial charge < -0.3 is 14.9 Å². The van der Waals surface area contributed by atoms with Crippen molar-refractivity contribution in [3.63, 3.8) is 0 Å². The molecule has 3 aliphatic rings. The maximum absolute atomic E-state index is 11.0. The van der Waals surface area contributed by atoms with Gasteiger partial charge in [0.2, 0.25) is 0 Å². The summed E-state index contributed by atoms with van der Waals surface area (Å²) in [6.07, 6.45) is 9.61. The van der Waals surface area contributed by atoms with Crippen molar-refractivity contribution in [1.82, 2.24) is 0 Å². The summed E-state index contributed by atoms with van der Waals surface area (Å²) in [7, 11) is 0. The lowest BCUT2D eigenvalue weighted by Crippen LogP contribution is -2.51. The van der Waals surface area contributed by atoms with Crippen molar-refractivity contribution in [2.45, 2.75) is 89.9 Å². The summed E-state index contributed by atoms with van der Waals surface area (Å²) in [6, 6.07) is 0. The lowest BCUT2D eigenvalue weighted by molar-refractivity contribution is -0.120. The van der Waals surface area contributed by atoms with Crippen LogP contribution in [0.2, 0.25) is 0 Å². The van der Waals surface area contributed by atoms with Gasteiger partial charge in [-0.2, -0.15) is 0 Å². The molecule has 0 aromatic rings. The molecule has 0 spiro atoms. The molecule has 0 aromatic heterocycles. The second kappa shape index (κ2) is 5.86. The van der Waals surface area contributed by atoms with Crippen LogP contribution < -0.4 is 0 Å². The van der Waals surface area contributed by atoms with E-state index in [-0.39, 0.29) is 17.6 Å². The molecule has 2 aliphatic carbocycles. The van der Waals surface area contributed by atoms with Crippen LogP contribution in [-0.2, 0) is 4.74 Å². The van der Waals surface area contributed by atoms with Gasteiger partial charge in [0.1, 0.15) is 0 Å². The molecular weight excluding hydrogens is 288 g/mol. The predicted molar refractivity (Wildman–Crippen MR) is 92.2 cm³/mol. The molecule has 0 radical (unpaired) electrons. The molecule has 1 heterocycles. The summed E-state index contributed by atoms with van der Waals surface area (Å²) in [4.78, 5) is 0. The van der Waals surface area contributed by atoms with Gasteiger partial charge in [-0.05, 0) is 81.6 Å². The van der Waals surface area contributed by atoms with E-state index in [0.29, 0.717) is 17.9 Å². The van der Waals surface area contributed by atoms with Gasteiger partial charge in [-0.3, -0.25) is 0 Å². The molecule has 2 bridgehead atoms. The minimum Gasteiger partial charge on any atom is -0.392 e. The van der Waals surface area contributed by atoms with Crippen LogP contribution >= 0.6 is 0 Å². The first-order chi connectivity index (χ1) is 10.7. The number of hydrogen-bond donors (Lipinski definition) is 2. The highest BCUT2D eigenvalue weighted by Crippen LogP contribution is 2.55. The maximum Gasteiger partial charge on any atom is 0.0920 e. The van der Waals surface area contributed by atoms with Gasteiger partial charge in [0.25, 0.3) is 0 Å². The van der Waals surface area contributed by atoms with Gasteiger partial charge >= 0.3 is 0 Å². The number of allylic oxidation sites excluding steroid dienone is 1. The Balaban J connectivity index is 1.89. The standard InChI is InChI=1S/C20H34O3/c1-18(2)15-7-5-14(13-21)6-8-17-20(4,23-17)12-10-16(18)19(3,22)11-9-15/h5,15-17,21-22H,6-13H2,1-4H3/b14-5-/t15-,16+,17+,19+,20+/m1/s1. The highest BCUT2D eigenvalue weighted by Gasteiger charge is 2.55. The summed E-state index contributed by atoms with van der Waals surface area (Å²) in [5.41, 5.74) is 0.680. The molecule has 1 aliphatic heterocycles. The van der Waals surface area contributed by atoms with E-state index < -0.39 is 5.60 Å². The number of rotatable bonds is 1. The van der Waals surface area contributed by atoms with Crippen molar-refractivity contribution < 1.29 is 14.9 Å². The van der Waals surface area contributed by atoms with Gasteiger partial charge in [0.15, 0.2) is 0 Å². The second-order valence-corrected chi connectivity index (χ2v) is 9.22. The zero-order chi connectivity index (χ0) is 16.9. The van der Waals surface area contributed by atoms with E-state index in [1.54, 1.807) is 0 Å². The third kappa shape index (κ3) is 3.25. The predicted octanol–water partition coefficient (Wildman–Crippen LogP) is 3.83. The molecule has 3 nitrogen and oxygen atoms in total. The average molecular weight is 322 g/mol. The average Bonchev–Trinajstić information content (AvgIpc) is 3.09. The number of aliphatic hydroxyl groups excluding tert-OH is 1. The molecule has 2 fully saturated rings. The van der Waals surface area contributed by atoms with E-state index in [9.17, 15) is 10.2 Å². The summed E-state index contributed by atoms with van der Waals surface area (Å²) in [6.45, 7) is 9.08. The quantitative estimate of drug-likeness (QED) is 0.570. The van der Waals surface area contributed by atoms with E-state index in [2.05, 4.69) is 26.8 Å². The Morgan fingerprint density at radius 1 is 1.13 bits per heavy atom. The normalized spacial score (nSPS) is 49.1. The van der Waals surface area contributed by atoms with Crippen molar-refractivity contribution in [3.05, 3.63) is 11.6 Å². The summed E-state index contributed by atoms with van der Waals surface area (Å²) < 4.78 is 5.99. The molecule has 0 aromatic carbocycles. The van der Waals surface area contributed by atoms with E-state index in [0.717, 1.165) is 50.5 Å². The first kappa shape index (κ1) is 17.4. The largest absolute Gasteiger partial charge is 0.392 e. The number of fused-ring (bicyclic) bond motifs is 3. The topological polar surface area (TPSA) is 53.0 Å². The molecule has 132 valence electrons. The van der Waals surface area contributed by atoms with E-state index >= 15 is 0 Å². The van der Waals surface area contributed by atoms with Crippen LogP contribution in [0.1, 0.15) is 72.6 Å². The van der Waals surface area contributed by atoms with Gasteiger partial charge in [0, 0.05) is 0 Å². The first-order valence-corrected chi connectivity index (χ1v) is 9.38. The van der Waals surface area contributed by atoms with Crippen LogP contribution in [0.3, 0.4) is 0 Å².